The Morgan fingerprint density at radius 1 is 1.39 bits per heavy atom. The minimum Gasteiger partial charge on any atom is -0.348 e. The van der Waals surface area contributed by atoms with Crippen LogP contribution in [0, 0.1) is 5.82 Å². The highest BCUT2D eigenvalue weighted by Crippen LogP contribution is 2.21. The molecule has 0 bridgehead atoms. The van der Waals surface area contributed by atoms with E-state index in [2.05, 4.69) is 16.0 Å². The lowest BCUT2D eigenvalue weighted by atomic mass is 9.99. The molecule has 3 N–H and O–H groups in total. The molecule has 2 heterocycles. The molecule has 1 aromatic rings. The number of urea groups is 1. The van der Waals surface area contributed by atoms with E-state index in [0.29, 0.717) is 18.8 Å². The minimum absolute atomic E-state index is 0.0191. The van der Waals surface area contributed by atoms with Gasteiger partial charge in [-0.1, -0.05) is 0 Å². The summed E-state index contributed by atoms with van der Waals surface area (Å²) >= 11 is 0. The van der Waals surface area contributed by atoms with Crippen molar-refractivity contribution in [1.82, 2.24) is 16.0 Å². The summed E-state index contributed by atoms with van der Waals surface area (Å²) in [5.41, 5.74) is 0.501. The maximum atomic E-state index is 14.1. The third-order valence-electron chi connectivity index (χ3n) is 4.44. The fourth-order valence-electron chi connectivity index (χ4n) is 3.06. The Morgan fingerprint density at radius 2 is 2.22 bits per heavy atom. The van der Waals surface area contributed by atoms with Gasteiger partial charge in [-0.15, -0.1) is 0 Å². The first-order valence-electron chi connectivity index (χ1n) is 7.95. The topological polar surface area (TPSA) is 73.5 Å². The number of anilines is 1. The van der Waals surface area contributed by atoms with E-state index >= 15 is 0 Å². The van der Waals surface area contributed by atoms with Gasteiger partial charge in [-0.2, -0.15) is 0 Å². The first-order valence-corrected chi connectivity index (χ1v) is 7.95. The Hall–Kier alpha value is -2.15. The normalized spacial score (nSPS) is 24.4. The summed E-state index contributed by atoms with van der Waals surface area (Å²) in [6.07, 6.45) is 1.85. The van der Waals surface area contributed by atoms with Crippen molar-refractivity contribution >= 4 is 17.6 Å². The lowest BCUT2D eigenvalue weighted by Crippen LogP contribution is -2.52. The van der Waals surface area contributed by atoms with Gasteiger partial charge in [0, 0.05) is 30.9 Å². The molecule has 6 nitrogen and oxygen atoms in total. The van der Waals surface area contributed by atoms with Gasteiger partial charge in [0.25, 0.3) is 5.91 Å². The van der Waals surface area contributed by atoms with Gasteiger partial charge >= 0.3 is 6.03 Å². The predicted octanol–water partition coefficient (Wildman–Crippen LogP) is 1.23. The second kappa shape index (κ2) is 6.54. The second-order valence-corrected chi connectivity index (χ2v) is 6.01. The summed E-state index contributed by atoms with van der Waals surface area (Å²) < 4.78 is 14.1. The molecule has 0 spiro atoms. The molecule has 2 aliphatic rings. The Morgan fingerprint density at radius 3 is 2.91 bits per heavy atom. The SMILES string of the molecule is CC1NCCCC1NC(=O)c1cc(N2CCNC2=O)ccc1F. The molecule has 7 heteroatoms. The van der Waals surface area contributed by atoms with E-state index in [0.717, 1.165) is 19.4 Å². The van der Waals surface area contributed by atoms with Crippen LogP contribution in [0.4, 0.5) is 14.9 Å². The number of hydrogen-bond acceptors (Lipinski definition) is 3. The van der Waals surface area contributed by atoms with Gasteiger partial charge in [0.05, 0.1) is 5.56 Å². The van der Waals surface area contributed by atoms with E-state index in [-0.39, 0.29) is 23.7 Å². The van der Waals surface area contributed by atoms with Crippen LogP contribution in [0.5, 0.6) is 0 Å². The maximum Gasteiger partial charge on any atom is 0.321 e. The number of nitrogens with one attached hydrogen (secondary N) is 3. The van der Waals surface area contributed by atoms with Crippen LogP contribution < -0.4 is 20.9 Å². The van der Waals surface area contributed by atoms with Crippen LogP contribution in [0.15, 0.2) is 18.2 Å². The van der Waals surface area contributed by atoms with Crippen LogP contribution in [-0.4, -0.2) is 43.7 Å². The van der Waals surface area contributed by atoms with E-state index in [1.807, 2.05) is 6.92 Å². The number of benzene rings is 1. The molecule has 2 saturated heterocycles. The molecule has 3 amide bonds. The number of amides is 3. The van der Waals surface area contributed by atoms with E-state index in [1.54, 1.807) is 0 Å². The molecule has 2 fully saturated rings. The average molecular weight is 320 g/mol. The number of carbonyl (C=O) groups is 2. The molecule has 23 heavy (non-hydrogen) atoms. The highest BCUT2D eigenvalue weighted by molar-refractivity contribution is 5.98. The number of hydrogen-bond donors (Lipinski definition) is 3. The minimum atomic E-state index is -0.581. The van der Waals surface area contributed by atoms with Crippen molar-refractivity contribution in [3.8, 4) is 0 Å². The zero-order chi connectivity index (χ0) is 16.4. The summed E-state index contributed by atoms with van der Waals surface area (Å²) in [7, 11) is 0. The summed E-state index contributed by atoms with van der Waals surface area (Å²) in [4.78, 5) is 25.6. The first-order chi connectivity index (χ1) is 11.1. The van der Waals surface area contributed by atoms with Crippen LogP contribution in [0.3, 0.4) is 0 Å². The number of rotatable bonds is 3. The number of halogens is 1. The molecule has 0 aromatic heterocycles. The van der Waals surface area contributed by atoms with Crippen LogP contribution in [0.2, 0.25) is 0 Å². The predicted molar refractivity (Wildman–Crippen MR) is 85.1 cm³/mol. The van der Waals surface area contributed by atoms with Crippen molar-refractivity contribution in [2.45, 2.75) is 31.8 Å². The van der Waals surface area contributed by atoms with Crippen LogP contribution in [0.1, 0.15) is 30.1 Å². The average Bonchev–Trinajstić information content (AvgIpc) is 2.96. The molecule has 0 aliphatic carbocycles. The van der Waals surface area contributed by atoms with Crippen molar-refractivity contribution in [3.05, 3.63) is 29.6 Å². The van der Waals surface area contributed by atoms with E-state index in [4.69, 9.17) is 0 Å². The van der Waals surface area contributed by atoms with Gasteiger partial charge in [-0.05, 0) is 44.5 Å². The fraction of sp³-hybridized carbons (Fsp3) is 0.500. The smallest absolute Gasteiger partial charge is 0.321 e. The van der Waals surface area contributed by atoms with Crippen molar-refractivity contribution in [1.29, 1.82) is 0 Å². The van der Waals surface area contributed by atoms with E-state index in [9.17, 15) is 14.0 Å². The zero-order valence-corrected chi connectivity index (χ0v) is 13.1. The number of carbonyl (C=O) groups excluding carboxylic acids is 2. The Bertz CT molecular complexity index is 622. The molecule has 1 aromatic carbocycles. The molecule has 2 aliphatic heterocycles. The van der Waals surface area contributed by atoms with Crippen LogP contribution in [0.25, 0.3) is 0 Å². The van der Waals surface area contributed by atoms with Crippen molar-refractivity contribution in [2.75, 3.05) is 24.5 Å². The van der Waals surface area contributed by atoms with Crippen molar-refractivity contribution < 1.29 is 14.0 Å². The lowest BCUT2D eigenvalue weighted by molar-refractivity contribution is 0.0915. The fourth-order valence-corrected chi connectivity index (χ4v) is 3.06. The standard InChI is InChI=1S/C16H21FN4O2/c1-10-14(3-2-6-18-10)20-15(22)12-9-11(4-5-13(12)17)21-8-7-19-16(21)23/h4-5,9-10,14,18H,2-3,6-8H2,1H3,(H,19,23)(H,20,22). The molecule has 124 valence electrons. The van der Waals surface area contributed by atoms with E-state index < -0.39 is 11.7 Å². The largest absolute Gasteiger partial charge is 0.348 e. The Kier molecular flexibility index (Phi) is 4.47. The monoisotopic (exact) mass is 320 g/mol. The molecule has 3 rings (SSSR count). The molecule has 2 unspecified atom stereocenters. The van der Waals surface area contributed by atoms with Gasteiger partial charge in [0.2, 0.25) is 0 Å². The zero-order valence-electron chi connectivity index (χ0n) is 13.1. The van der Waals surface area contributed by atoms with Crippen molar-refractivity contribution in [2.24, 2.45) is 0 Å². The molecule has 0 radical (unpaired) electrons. The first kappa shape index (κ1) is 15.7. The quantitative estimate of drug-likeness (QED) is 0.784. The number of piperidine rings is 1. The van der Waals surface area contributed by atoms with Gasteiger partial charge < -0.3 is 16.0 Å². The molecular weight excluding hydrogens is 299 g/mol. The number of nitrogens with zero attached hydrogens (tertiary/aromatic N) is 1. The third kappa shape index (κ3) is 3.29. The van der Waals surface area contributed by atoms with E-state index in [1.165, 1.54) is 23.1 Å². The van der Waals surface area contributed by atoms with Crippen LogP contribution >= 0.6 is 0 Å². The molecular formula is C16H21FN4O2. The van der Waals surface area contributed by atoms with Gasteiger partial charge in [-0.25, -0.2) is 9.18 Å². The third-order valence-corrected chi connectivity index (χ3v) is 4.44. The highest BCUT2D eigenvalue weighted by atomic mass is 19.1. The summed E-state index contributed by atoms with van der Waals surface area (Å²) in [6.45, 7) is 3.99. The highest BCUT2D eigenvalue weighted by Gasteiger charge is 2.26. The summed E-state index contributed by atoms with van der Waals surface area (Å²) in [6, 6.07) is 4.10. The Labute approximate surface area is 134 Å². The van der Waals surface area contributed by atoms with Crippen molar-refractivity contribution in [3.63, 3.8) is 0 Å². The van der Waals surface area contributed by atoms with Gasteiger partial charge in [0.1, 0.15) is 5.82 Å². The Balaban J connectivity index is 1.78. The van der Waals surface area contributed by atoms with Gasteiger partial charge in [0.15, 0.2) is 0 Å². The maximum absolute atomic E-state index is 14.1. The second-order valence-electron chi connectivity index (χ2n) is 6.01. The summed E-state index contributed by atoms with van der Waals surface area (Å²) in [5, 5.41) is 8.88. The van der Waals surface area contributed by atoms with Crippen LogP contribution in [-0.2, 0) is 0 Å². The molecule has 0 saturated carbocycles. The van der Waals surface area contributed by atoms with Gasteiger partial charge in [-0.3, -0.25) is 9.69 Å². The molecule has 2 atom stereocenters. The lowest BCUT2D eigenvalue weighted by Gasteiger charge is -2.30. The summed E-state index contributed by atoms with van der Waals surface area (Å²) in [5.74, 6) is -1.02.